The molecule has 2 N–H and O–H groups in total. The number of carbonyl (C=O) groups excluding carboxylic acids is 2. The van der Waals surface area contributed by atoms with Gasteiger partial charge in [0, 0.05) is 0 Å². The van der Waals surface area contributed by atoms with Crippen molar-refractivity contribution in [2.75, 3.05) is 0 Å². The number of carbonyl (C=O) groups is 2. The Morgan fingerprint density at radius 2 is 1.31 bits per heavy atom. The lowest BCUT2D eigenvalue weighted by molar-refractivity contribution is 0.0545. The molecule has 0 heterocycles. The van der Waals surface area contributed by atoms with Crippen molar-refractivity contribution in [3.05, 3.63) is 60.2 Å². The predicted octanol–water partition coefficient (Wildman–Crippen LogP) is 5.38. The minimum Gasteiger partial charge on any atom is -0.457 e. The number of hydrogen-bond donors (Lipinski definition) is 2. The maximum atomic E-state index is 12.2. The third-order valence-electron chi connectivity index (χ3n) is 3.54. The fraction of sp³-hybridized carbons (Fsp3) is 0.375. The molecule has 0 spiro atoms. The van der Waals surface area contributed by atoms with Gasteiger partial charge in [0.1, 0.15) is 22.7 Å². The average molecular weight is 442 g/mol. The number of amides is 2. The Morgan fingerprint density at radius 1 is 0.781 bits per heavy atom. The molecule has 32 heavy (non-hydrogen) atoms. The number of para-hydroxylation sites is 1. The predicted molar refractivity (Wildman–Crippen MR) is 123 cm³/mol. The molecule has 0 aromatic heterocycles. The van der Waals surface area contributed by atoms with Crippen LogP contribution in [-0.4, -0.2) is 29.3 Å². The van der Waals surface area contributed by atoms with E-state index in [4.69, 9.17) is 14.2 Å². The van der Waals surface area contributed by atoms with E-state index in [0.29, 0.717) is 11.5 Å². The van der Waals surface area contributed by atoms with Gasteiger partial charge in [0.05, 0.1) is 6.54 Å². The highest BCUT2D eigenvalue weighted by Crippen LogP contribution is 2.22. The van der Waals surface area contributed by atoms with Crippen molar-refractivity contribution in [1.29, 1.82) is 0 Å². The minimum absolute atomic E-state index is 0.0807. The van der Waals surface area contributed by atoms with Crippen LogP contribution in [0.2, 0.25) is 0 Å². The van der Waals surface area contributed by atoms with Crippen LogP contribution in [-0.2, 0) is 16.0 Å². The first kappa shape index (κ1) is 24.7. The molecule has 8 nitrogen and oxygen atoms in total. The molecule has 0 aliphatic heterocycles. The summed E-state index contributed by atoms with van der Waals surface area (Å²) in [6.45, 7) is 10.6. The second-order valence-electron chi connectivity index (χ2n) is 8.98. The molecular weight excluding hydrogens is 410 g/mol. The van der Waals surface area contributed by atoms with Crippen LogP contribution in [0.15, 0.2) is 59.6 Å². The zero-order chi connectivity index (χ0) is 23.8. The van der Waals surface area contributed by atoms with Gasteiger partial charge in [0.2, 0.25) is 5.96 Å². The highest BCUT2D eigenvalue weighted by atomic mass is 16.6. The van der Waals surface area contributed by atoms with Crippen LogP contribution in [0, 0.1) is 0 Å². The van der Waals surface area contributed by atoms with E-state index in [1.807, 2.05) is 54.6 Å². The van der Waals surface area contributed by atoms with Crippen molar-refractivity contribution in [1.82, 2.24) is 10.6 Å². The Hall–Kier alpha value is -3.55. The molecule has 0 atom stereocenters. The van der Waals surface area contributed by atoms with E-state index >= 15 is 0 Å². The monoisotopic (exact) mass is 441 g/mol. The van der Waals surface area contributed by atoms with E-state index < -0.39 is 23.4 Å². The summed E-state index contributed by atoms with van der Waals surface area (Å²) in [6, 6.07) is 16.8. The van der Waals surface area contributed by atoms with Gasteiger partial charge in [-0.05, 0) is 71.4 Å². The van der Waals surface area contributed by atoms with E-state index in [-0.39, 0.29) is 12.5 Å². The maximum absolute atomic E-state index is 12.2. The topological polar surface area (TPSA) is 98.3 Å². The number of nitrogens with one attached hydrogen (secondary N) is 2. The van der Waals surface area contributed by atoms with Gasteiger partial charge >= 0.3 is 12.2 Å². The molecule has 8 heteroatoms. The fourth-order valence-electron chi connectivity index (χ4n) is 2.41. The second kappa shape index (κ2) is 10.7. The zero-order valence-corrected chi connectivity index (χ0v) is 19.4. The summed E-state index contributed by atoms with van der Waals surface area (Å²) >= 11 is 0. The van der Waals surface area contributed by atoms with Crippen molar-refractivity contribution in [3.63, 3.8) is 0 Å². The van der Waals surface area contributed by atoms with Gasteiger partial charge in [0.15, 0.2) is 0 Å². The van der Waals surface area contributed by atoms with Gasteiger partial charge < -0.3 is 14.2 Å². The van der Waals surface area contributed by atoms with Crippen LogP contribution in [0.3, 0.4) is 0 Å². The number of nitrogens with zero attached hydrogens (tertiary/aromatic N) is 1. The molecule has 0 bridgehead atoms. The second-order valence-corrected chi connectivity index (χ2v) is 8.98. The molecule has 2 rings (SSSR count). The molecule has 0 saturated heterocycles. The van der Waals surface area contributed by atoms with Crippen LogP contribution in [0.25, 0.3) is 0 Å². The zero-order valence-electron chi connectivity index (χ0n) is 19.4. The molecule has 2 amide bonds. The summed E-state index contributed by atoms with van der Waals surface area (Å²) in [5.74, 6) is 1.28. The summed E-state index contributed by atoms with van der Waals surface area (Å²) in [6.07, 6.45) is -1.48. The first-order chi connectivity index (χ1) is 14.9. The molecule has 2 aromatic rings. The Labute approximate surface area is 189 Å². The van der Waals surface area contributed by atoms with Crippen LogP contribution >= 0.6 is 0 Å². The molecule has 0 fully saturated rings. The highest BCUT2D eigenvalue weighted by molar-refractivity contribution is 6.01. The Kier molecular flexibility index (Phi) is 8.23. The van der Waals surface area contributed by atoms with Gasteiger partial charge in [-0.15, -0.1) is 0 Å². The molecule has 2 aromatic carbocycles. The van der Waals surface area contributed by atoms with Crippen LogP contribution in [0.5, 0.6) is 11.5 Å². The molecule has 0 radical (unpaired) electrons. The number of ether oxygens (including phenoxy) is 3. The van der Waals surface area contributed by atoms with Gasteiger partial charge in [0.25, 0.3) is 0 Å². The summed E-state index contributed by atoms with van der Waals surface area (Å²) in [7, 11) is 0. The molecule has 0 aliphatic carbocycles. The normalized spacial score (nSPS) is 11.2. The van der Waals surface area contributed by atoms with Crippen molar-refractivity contribution >= 4 is 18.1 Å². The summed E-state index contributed by atoms with van der Waals surface area (Å²) in [4.78, 5) is 28.7. The van der Waals surface area contributed by atoms with Crippen LogP contribution < -0.4 is 15.4 Å². The highest BCUT2D eigenvalue weighted by Gasteiger charge is 2.21. The molecular formula is C24H31N3O5. The first-order valence-electron chi connectivity index (χ1n) is 10.3. The van der Waals surface area contributed by atoms with E-state index in [9.17, 15) is 9.59 Å². The molecule has 0 saturated carbocycles. The lowest BCUT2D eigenvalue weighted by atomic mass is 10.2. The quantitative estimate of drug-likeness (QED) is 0.490. The number of hydrogen-bond acceptors (Lipinski definition) is 6. The maximum Gasteiger partial charge on any atom is 0.414 e. The van der Waals surface area contributed by atoms with Crippen LogP contribution in [0.4, 0.5) is 9.59 Å². The number of rotatable bonds is 4. The first-order valence-corrected chi connectivity index (χ1v) is 10.3. The van der Waals surface area contributed by atoms with Crippen molar-refractivity contribution in [2.24, 2.45) is 4.99 Å². The van der Waals surface area contributed by atoms with Gasteiger partial charge in [-0.1, -0.05) is 30.3 Å². The van der Waals surface area contributed by atoms with E-state index in [1.54, 1.807) is 41.5 Å². The summed E-state index contributed by atoms with van der Waals surface area (Å²) < 4.78 is 16.3. The SMILES string of the molecule is CC(C)(C)OC(=O)NC(=NCc1cccc(Oc2ccccc2)c1)NC(=O)OC(C)(C)C. The van der Waals surface area contributed by atoms with E-state index in [1.165, 1.54) is 0 Å². The van der Waals surface area contributed by atoms with Crippen molar-refractivity contribution < 1.29 is 23.8 Å². The summed E-state index contributed by atoms with van der Waals surface area (Å²) in [5, 5.41) is 4.92. The number of aliphatic imine (C=N–C) groups is 1. The van der Waals surface area contributed by atoms with E-state index in [2.05, 4.69) is 15.6 Å². The standard InChI is InChI=1S/C24H31N3O5/c1-23(2,3)31-21(28)26-20(27-22(29)32-24(4,5)6)25-16-17-11-10-14-19(15-17)30-18-12-8-7-9-13-18/h7-15H,16H2,1-6H3,(H2,25,26,27,28,29). The lowest BCUT2D eigenvalue weighted by Gasteiger charge is -2.22. The molecule has 0 aliphatic rings. The average Bonchev–Trinajstić information content (AvgIpc) is 2.64. The molecule has 0 unspecified atom stereocenters. The minimum atomic E-state index is -0.742. The van der Waals surface area contributed by atoms with Crippen LogP contribution in [0.1, 0.15) is 47.1 Å². The Balaban J connectivity index is 2.13. The van der Waals surface area contributed by atoms with Crippen molar-refractivity contribution in [2.45, 2.75) is 59.3 Å². The van der Waals surface area contributed by atoms with Gasteiger partial charge in [-0.25, -0.2) is 14.6 Å². The smallest absolute Gasteiger partial charge is 0.414 e. The fourth-order valence-corrected chi connectivity index (χ4v) is 2.41. The largest absolute Gasteiger partial charge is 0.457 e. The lowest BCUT2D eigenvalue weighted by Crippen LogP contribution is -2.47. The van der Waals surface area contributed by atoms with E-state index in [0.717, 1.165) is 5.56 Å². The third kappa shape index (κ3) is 9.97. The van der Waals surface area contributed by atoms with Gasteiger partial charge in [-0.3, -0.25) is 10.6 Å². The third-order valence-corrected chi connectivity index (χ3v) is 3.54. The number of alkyl carbamates (subject to hydrolysis) is 2. The number of benzene rings is 2. The Bertz CT molecular complexity index is 912. The number of guanidine groups is 1. The van der Waals surface area contributed by atoms with Gasteiger partial charge in [-0.2, -0.15) is 0 Å². The Morgan fingerprint density at radius 3 is 1.84 bits per heavy atom. The molecule has 172 valence electrons. The summed E-state index contributed by atoms with van der Waals surface area (Å²) in [5.41, 5.74) is -0.595. The van der Waals surface area contributed by atoms with Crippen molar-refractivity contribution in [3.8, 4) is 11.5 Å².